The van der Waals surface area contributed by atoms with Crippen LogP contribution in [0.4, 0.5) is 5.69 Å². The summed E-state index contributed by atoms with van der Waals surface area (Å²) in [4.78, 5) is 23.5. The van der Waals surface area contributed by atoms with Gasteiger partial charge in [-0.3, -0.25) is 9.59 Å². The summed E-state index contributed by atoms with van der Waals surface area (Å²) >= 11 is 5.81. The molecule has 0 spiro atoms. The lowest BCUT2D eigenvalue weighted by Gasteiger charge is -2.07. The molecule has 0 radical (unpaired) electrons. The number of rotatable bonds is 7. The van der Waals surface area contributed by atoms with Crippen LogP contribution < -0.4 is 10.6 Å². The number of anilines is 1. The van der Waals surface area contributed by atoms with Crippen molar-refractivity contribution in [3.8, 4) is 6.07 Å². The Bertz CT molecular complexity index is 769. The summed E-state index contributed by atoms with van der Waals surface area (Å²) in [7, 11) is 0. The van der Waals surface area contributed by atoms with Gasteiger partial charge < -0.3 is 19.8 Å². The third kappa shape index (κ3) is 5.95. The molecule has 0 aliphatic rings. The van der Waals surface area contributed by atoms with E-state index in [-0.39, 0.29) is 10.6 Å². The molecule has 7 nitrogen and oxygen atoms in total. The summed E-state index contributed by atoms with van der Waals surface area (Å²) in [5.74, 6) is -0.856. The molecule has 2 rings (SSSR count). The van der Waals surface area contributed by atoms with Crippen LogP contribution in [0.1, 0.15) is 17.7 Å². The maximum Gasteiger partial charge on any atom is 0.313 e. The van der Waals surface area contributed by atoms with Gasteiger partial charge in [0.15, 0.2) is 0 Å². The largest absolute Gasteiger partial charge is 0.467 e. The highest BCUT2D eigenvalue weighted by atomic mass is 35.5. The van der Waals surface area contributed by atoms with Gasteiger partial charge in [-0.25, -0.2) is 0 Å². The summed E-state index contributed by atoms with van der Waals surface area (Å²) in [5.41, 5.74) is 0.538. The van der Waals surface area contributed by atoms with Crippen molar-refractivity contribution in [2.45, 2.75) is 13.0 Å². The molecular weight excluding hydrogens is 346 g/mol. The number of nitrogens with one attached hydrogen (secondary N) is 2. The Morgan fingerprint density at radius 3 is 2.84 bits per heavy atom. The van der Waals surface area contributed by atoms with Crippen molar-refractivity contribution in [3.63, 3.8) is 0 Å². The van der Waals surface area contributed by atoms with Gasteiger partial charge in [0.25, 0.3) is 0 Å². The highest BCUT2D eigenvalue weighted by molar-refractivity contribution is 6.39. The van der Waals surface area contributed by atoms with E-state index < -0.39 is 11.8 Å². The van der Waals surface area contributed by atoms with Crippen LogP contribution >= 0.6 is 11.6 Å². The van der Waals surface area contributed by atoms with Crippen LogP contribution in [0.15, 0.2) is 41.0 Å². The third-order valence-electron chi connectivity index (χ3n) is 3.13. The Kier molecular flexibility index (Phi) is 7.01. The molecule has 2 N–H and O–H groups in total. The van der Waals surface area contributed by atoms with E-state index in [1.807, 2.05) is 6.07 Å². The summed E-state index contributed by atoms with van der Waals surface area (Å²) < 4.78 is 10.5. The fourth-order valence-electron chi connectivity index (χ4n) is 1.90. The summed E-state index contributed by atoms with van der Waals surface area (Å²) in [5, 5.41) is 14.1. The minimum atomic E-state index is -0.817. The molecule has 0 unspecified atom stereocenters. The molecule has 1 aromatic carbocycles. The molecule has 2 amide bonds. The van der Waals surface area contributed by atoms with Crippen LogP contribution in [0.3, 0.4) is 0 Å². The van der Waals surface area contributed by atoms with E-state index in [4.69, 9.17) is 26.0 Å². The van der Waals surface area contributed by atoms with E-state index in [1.54, 1.807) is 18.4 Å². The summed E-state index contributed by atoms with van der Waals surface area (Å²) in [6.07, 6.45) is 2.12. The lowest BCUT2D eigenvalue weighted by atomic mass is 10.2. The van der Waals surface area contributed by atoms with E-state index in [2.05, 4.69) is 10.6 Å². The normalized spacial score (nSPS) is 10.1. The number of nitrogens with zero attached hydrogens (tertiary/aromatic N) is 1. The Morgan fingerprint density at radius 2 is 2.12 bits per heavy atom. The van der Waals surface area contributed by atoms with Crippen LogP contribution in [0.5, 0.6) is 0 Å². The highest BCUT2D eigenvalue weighted by Gasteiger charge is 2.13. The number of halogens is 1. The van der Waals surface area contributed by atoms with Gasteiger partial charge in [-0.1, -0.05) is 11.6 Å². The number of amides is 2. The van der Waals surface area contributed by atoms with Gasteiger partial charge in [0.2, 0.25) is 0 Å². The lowest BCUT2D eigenvalue weighted by Crippen LogP contribution is -2.36. The number of benzene rings is 1. The molecule has 0 saturated carbocycles. The monoisotopic (exact) mass is 361 g/mol. The van der Waals surface area contributed by atoms with Crippen LogP contribution in [0.25, 0.3) is 0 Å². The molecule has 0 fully saturated rings. The van der Waals surface area contributed by atoms with Crippen molar-refractivity contribution >= 4 is 29.1 Å². The third-order valence-corrected chi connectivity index (χ3v) is 3.46. The standard InChI is InChI=1S/C17H16ClN3O4/c18-15-5-4-13(9-12(15)10-19)21-17(23)16(22)20-6-2-7-24-11-14-3-1-8-25-14/h1,3-5,8-9H,2,6-7,11H2,(H,20,22)(H,21,23). The van der Waals surface area contributed by atoms with Crippen LogP contribution in [-0.2, 0) is 20.9 Å². The minimum absolute atomic E-state index is 0.216. The van der Waals surface area contributed by atoms with Crippen molar-refractivity contribution in [3.05, 3.63) is 52.9 Å². The van der Waals surface area contributed by atoms with Crippen LogP contribution in [-0.4, -0.2) is 25.0 Å². The Hall–Kier alpha value is -2.82. The number of carbonyl (C=O) groups excluding carboxylic acids is 2. The molecule has 1 heterocycles. The van der Waals surface area contributed by atoms with Crippen molar-refractivity contribution in [2.24, 2.45) is 0 Å². The first kappa shape index (κ1) is 18.5. The van der Waals surface area contributed by atoms with E-state index in [0.29, 0.717) is 31.9 Å². The zero-order chi connectivity index (χ0) is 18.1. The topological polar surface area (TPSA) is 104 Å². The van der Waals surface area contributed by atoms with E-state index in [1.165, 1.54) is 18.2 Å². The van der Waals surface area contributed by atoms with Crippen molar-refractivity contribution < 1.29 is 18.7 Å². The van der Waals surface area contributed by atoms with Crippen molar-refractivity contribution in [1.82, 2.24) is 5.32 Å². The second-order valence-corrected chi connectivity index (χ2v) is 5.41. The predicted octanol–water partition coefficient (Wildman–Crippen LogP) is 2.47. The smallest absolute Gasteiger partial charge is 0.313 e. The molecule has 1 aromatic heterocycles. The van der Waals surface area contributed by atoms with E-state index in [0.717, 1.165) is 5.76 Å². The second-order valence-electron chi connectivity index (χ2n) is 5.00. The van der Waals surface area contributed by atoms with Gasteiger partial charge in [-0.05, 0) is 36.8 Å². The first-order chi connectivity index (χ1) is 12.1. The number of ether oxygens (including phenoxy) is 1. The maximum absolute atomic E-state index is 11.8. The average Bonchev–Trinajstić information content (AvgIpc) is 3.12. The van der Waals surface area contributed by atoms with Gasteiger partial charge >= 0.3 is 11.8 Å². The molecule has 0 aliphatic carbocycles. The molecule has 2 aromatic rings. The van der Waals surface area contributed by atoms with Gasteiger partial charge in [0, 0.05) is 18.8 Å². The Labute approximate surface area is 149 Å². The molecule has 130 valence electrons. The number of hydrogen-bond acceptors (Lipinski definition) is 5. The first-order valence-electron chi connectivity index (χ1n) is 7.49. The number of hydrogen-bond donors (Lipinski definition) is 2. The number of carbonyl (C=O) groups is 2. The van der Waals surface area contributed by atoms with Crippen molar-refractivity contribution in [1.29, 1.82) is 5.26 Å². The quantitative estimate of drug-likeness (QED) is 0.582. The van der Waals surface area contributed by atoms with Gasteiger partial charge in [-0.15, -0.1) is 0 Å². The summed E-state index contributed by atoms with van der Waals surface area (Å²) in [6.45, 7) is 1.08. The Balaban J connectivity index is 1.66. The summed E-state index contributed by atoms with van der Waals surface area (Å²) in [6, 6.07) is 9.87. The molecule has 0 bridgehead atoms. The lowest BCUT2D eigenvalue weighted by molar-refractivity contribution is -0.136. The minimum Gasteiger partial charge on any atom is -0.467 e. The fraction of sp³-hybridized carbons (Fsp3) is 0.235. The SMILES string of the molecule is N#Cc1cc(NC(=O)C(=O)NCCCOCc2ccco2)ccc1Cl. The van der Waals surface area contributed by atoms with Gasteiger partial charge in [0.1, 0.15) is 18.4 Å². The zero-order valence-electron chi connectivity index (χ0n) is 13.3. The van der Waals surface area contributed by atoms with E-state index in [9.17, 15) is 9.59 Å². The Morgan fingerprint density at radius 1 is 1.28 bits per heavy atom. The van der Waals surface area contributed by atoms with Crippen LogP contribution in [0.2, 0.25) is 5.02 Å². The zero-order valence-corrected chi connectivity index (χ0v) is 14.0. The van der Waals surface area contributed by atoms with E-state index >= 15 is 0 Å². The van der Waals surface area contributed by atoms with Crippen molar-refractivity contribution in [2.75, 3.05) is 18.5 Å². The second kappa shape index (κ2) is 9.47. The first-order valence-corrected chi connectivity index (χ1v) is 7.87. The predicted molar refractivity (Wildman–Crippen MR) is 90.8 cm³/mol. The molecule has 0 atom stereocenters. The van der Waals surface area contributed by atoms with Gasteiger partial charge in [-0.2, -0.15) is 5.26 Å². The number of nitriles is 1. The molecule has 8 heteroatoms. The molecule has 0 saturated heterocycles. The molecule has 0 aliphatic heterocycles. The number of furan rings is 1. The average molecular weight is 362 g/mol. The molecular formula is C17H16ClN3O4. The van der Waals surface area contributed by atoms with Crippen LogP contribution in [0, 0.1) is 11.3 Å². The van der Waals surface area contributed by atoms with Gasteiger partial charge in [0.05, 0.1) is 16.8 Å². The fourth-order valence-corrected chi connectivity index (χ4v) is 2.06. The molecule has 25 heavy (non-hydrogen) atoms. The highest BCUT2D eigenvalue weighted by Crippen LogP contribution is 2.19. The maximum atomic E-state index is 11.8.